The fourth-order valence-electron chi connectivity index (χ4n) is 1.52. The molecular formula is C8H12N4S. The Morgan fingerprint density at radius 3 is 3.15 bits per heavy atom. The number of rotatable bonds is 2. The zero-order valence-electron chi connectivity index (χ0n) is 7.50. The molecule has 0 radical (unpaired) electrons. The maximum Gasteiger partial charge on any atom is 0.222 e. The zero-order chi connectivity index (χ0) is 9.26. The van der Waals surface area contributed by atoms with Gasteiger partial charge in [-0.25, -0.2) is 4.98 Å². The lowest BCUT2D eigenvalue weighted by molar-refractivity contribution is 1.04. The van der Waals surface area contributed by atoms with Crippen molar-refractivity contribution in [3.05, 3.63) is 11.3 Å². The third kappa shape index (κ3) is 1.56. The molecule has 0 bridgehead atoms. The number of hydrogen-bond donors (Lipinski definition) is 2. The van der Waals surface area contributed by atoms with Gasteiger partial charge in [0.05, 0.1) is 5.69 Å². The lowest BCUT2D eigenvalue weighted by Gasteiger charge is -2.05. The van der Waals surface area contributed by atoms with E-state index in [0.29, 0.717) is 5.95 Å². The molecule has 0 fully saturated rings. The van der Waals surface area contributed by atoms with Crippen LogP contribution in [0.2, 0.25) is 0 Å². The molecule has 0 unspecified atom stereocenters. The Morgan fingerprint density at radius 2 is 2.38 bits per heavy atom. The van der Waals surface area contributed by atoms with Crippen molar-refractivity contribution in [1.82, 2.24) is 9.97 Å². The molecule has 3 N–H and O–H groups in total. The van der Waals surface area contributed by atoms with Crippen LogP contribution in [0, 0.1) is 0 Å². The number of hydrogen-bond acceptors (Lipinski definition) is 5. The van der Waals surface area contributed by atoms with Gasteiger partial charge in [0.15, 0.2) is 0 Å². The first-order chi connectivity index (χ1) is 6.31. The predicted molar refractivity (Wildman–Crippen MR) is 55.9 cm³/mol. The first-order valence-corrected chi connectivity index (χ1v) is 5.58. The van der Waals surface area contributed by atoms with E-state index in [2.05, 4.69) is 21.5 Å². The maximum atomic E-state index is 5.59. The molecule has 1 aliphatic rings. The molecule has 0 saturated carbocycles. The Balaban J connectivity index is 2.43. The molecule has 4 nitrogen and oxygen atoms in total. The van der Waals surface area contributed by atoms with Crippen LogP contribution in [0.25, 0.3) is 0 Å². The predicted octanol–water partition coefficient (Wildman–Crippen LogP) is 0.890. The highest BCUT2D eigenvalue weighted by atomic mass is 32.2. The molecule has 0 amide bonds. The molecule has 0 spiro atoms. The zero-order valence-corrected chi connectivity index (χ0v) is 8.32. The van der Waals surface area contributed by atoms with Crippen LogP contribution in [0.5, 0.6) is 0 Å². The van der Waals surface area contributed by atoms with Crippen molar-refractivity contribution in [2.45, 2.75) is 12.2 Å². The summed E-state index contributed by atoms with van der Waals surface area (Å²) in [7, 11) is 0. The smallest absolute Gasteiger partial charge is 0.222 e. The summed E-state index contributed by atoms with van der Waals surface area (Å²) in [5, 5.41) is 3.20. The molecule has 5 heteroatoms. The molecular weight excluding hydrogens is 184 g/mol. The quantitative estimate of drug-likeness (QED) is 0.735. The highest BCUT2D eigenvalue weighted by molar-refractivity contribution is 7.97. The number of thioether (sulfide) groups is 1. The fourth-order valence-corrected chi connectivity index (χ4v) is 2.03. The molecule has 70 valence electrons. The number of nitrogens with zero attached hydrogens (tertiary/aromatic N) is 2. The number of anilines is 2. The number of fused-ring (bicyclic) bond motifs is 1. The second kappa shape index (κ2) is 3.41. The summed E-state index contributed by atoms with van der Waals surface area (Å²) in [6.45, 7) is 0.953. The minimum absolute atomic E-state index is 0.372. The van der Waals surface area contributed by atoms with Crippen LogP contribution < -0.4 is 11.1 Å². The van der Waals surface area contributed by atoms with E-state index in [4.69, 9.17) is 5.73 Å². The second-order valence-electron chi connectivity index (χ2n) is 2.97. The molecule has 0 aromatic carbocycles. The standard InChI is InChI=1S/C8H12N4S/c1-13-4-6-5-2-3-10-7(5)12-8(9)11-6/h2-4H2,1H3,(H3,9,10,11,12). The molecule has 0 aliphatic carbocycles. The van der Waals surface area contributed by atoms with Crippen LogP contribution in [-0.4, -0.2) is 22.8 Å². The van der Waals surface area contributed by atoms with Gasteiger partial charge >= 0.3 is 0 Å². The summed E-state index contributed by atoms with van der Waals surface area (Å²) in [5.74, 6) is 2.21. The van der Waals surface area contributed by atoms with Gasteiger partial charge in [0.25, 0.3) is 0 Å². The van der Waals surface area contributed by atoms with Crippen LogP contribution in [0.4, 0.5) is 11.8 Å². The monoisotopic (exact) mass is 196 g/mol. The first-order valence-electron chi connectivity index (χ1n) is 4.19. The maximum absolute atomic E-state index is 5.59. The SMILES string of the molecule is CSCc1nc(N)nc2c1CCN2. The van der Waals surface area contributed by atoms with E-state index >= 15 is 0 Å². The average molecular weight is 196 g/mol. The van der Waals surface area contributed by atoms with Gasteiger partial charge in [0.1, 0.15) is 5.82 Å². The van der Waals surface area contributed by atoms with E-state index in [1.54, 1.807) is 11.8 Å². The second-order valence-corrected chi connectivity index (χ2v) is 3.83. The number of nitrogen functional groups attached to an aromatic ring is 1. The van der Waals surface area contributed by atoms with Gasteiger partial charge < -0.3 is 11.1 Å². The van der Waals surface area contributed by atoms with E-state index < -0.39 is 0 Å². The minimum Gasteiger partial charge on any atom is -0.369 e. The van der Waals surface area contributed by atoms with Gasteiger partial charge in [-0.15, -0.1) is 0 Å². The molecule has 1 aromatic heterocycles. The average Bonchev–Trinajstić information content (AvgIpc) is 2.52. The number of nitrogens with two attached hydrogens (primary N) is 1. The fraction of sp³-hybridized carbons (Fsp3) is 0.500. The van der Waals surface area contributed by atoms with Crippen LogP contribution in [-0.2, 0) is 12.2 Å². The van der Waals surface area contributed by atoms with Crippen molar-refractivity contribution >= 4 is 23.5 Å². The Kier molecular flexibility index (Phi) is 2.26. The van der Waals surface area contributed by atoms with E-state index in [1.807, 2.05) is 0 Å². The topological polar surface area (TPSA) is 63.8 Å². The molecule has 1 aliphatic heterocycles. The highest BCUT2D eigenvalue weighted by Gasteiger charge is 2.17. The normalized spacial score (nSPS) is 13.9. The third-order valence-electron chi connectivity index (χ3n) is 2.06. The third-order valence-corrected chi connectivity index (χ3v) is 2.62. The van der Waals surface area contributed by atoms with Crippen LogP contribution in [0.1, 0.15) is 11.3 Å². The van der Waals surface area contributed by atoms with Gasteiger partial charge in [-0.05, 0) is 12.7 Å². The summed E-state index contributed by atoms with van der Waals surface area (Å²) in [4.78, 5) is 8.38. The Morgan fingerprint density at radius 1 is 1.54 bits per heavy atom. The summed E-state index contributed by atoms with van der Waals surface area (Å²) < 4.78 is 0. The summed E-state index contributed by atoms with van der Waals surface area (Å²) in [5.41, 5.74) is 7.91. The van der Waals surface area contributed by atoms with Crippen molar-refractivity contribution in [3.63, 3.8) is 0 Å². The summed E-state index contributed by atoms with van der Waals surface area (Å²) >= 11 is 1.76. The van der Waals surface area contributed by atoms with E-state index in [-0.39, 0.29) is 0 Å². The van der Waals surface area contributed by atoms with Crippen LogP contribution in [0.3, 0.4) is 0 Å². The van der Waals surface area contributed by atoms with Crippen LogP contribution >= 0.6 is 11.8 Å². The molecule has 0 atom stereocenters. The Hall–Kier alpha value is -0.970. The summed E-state index contributed by atoms with van der Waals surface area (Å²) in [6.07, 6.45) is 3.08. The van der Waals surface area contributed by atoms with Gasteiger partial charge in [-0.2, -0.15) is 16.7 Å². The van der Waals surface area contributed by atoms with Crippen molar-refractivity contribution in [2.75, 3.05) is 23.9 Å². The Labute approximate surface area is 81.3 Å². The molecule has 2 rings (SSSR count). The van der Waals surface area contributed by atoms with Gasteiger partial charge in [-0.3, -0.25) is 0 Å². The molecule has 2 heterocycles. The molecule has 0 saturated heterocycles. The Bertz CT molecular complexity index is 326. The van der Waals surface area contributed by atoms with Gasteiger partial charge in [-0.1, -0.05) is 0 Å². The summed E-state index contributed by atoms with van der Waals surface area (Å²) in [6, 6.07) is 0. The largest absolute Gasteiger partial charge is 0.369 e. The first kappa shape index (κ1) is 8.62. The van der Waals surface area contributed by atoms with Crippen LogP contribution in [0.15, 0.2) is 0 Å². The molecule has 1 aromatic rings. The highest BCUT2D eigenvalue weighted by Crippen LogP contribution is 2.25. The van der Waals surface area contributed by atoms with Crippen molar-refractivity contribution in [3.8, 4) is 0 Å². The minimum atomic E-state index is 0.372. The number of aromatic nitrogens is 2. The van der Waals surface area contributed by atoms with Crippen molar-refractivity contribution < 1.29 is 0 Å². The van der Waals surface area contributed by atoms with Crippen molar-refractivity contribution in [2.24, 2.45) is 0 Å². The number of nitrogens with one attached hydrogen (secondary N) is 1. The van der Waals surface area contributed by atoms with E-state index in [9.17, 15) is 0 Å². The van der Waals surface area contributed by atoms with E-state index in [0.717, 1.165) is 30.2 Å². The molecule has 13 heavy (non-hydrogen) atoms. The van der Waals surface area contributed by atoms with E-state index in [1.165, 1.54) is 5.56 Å². The van der Waals surface area contributed by atoms with Crippen molar-refractivity contribution in [1.29, 1.82) is 0 Å². The lowest BCUT2D eigenvalue weighted by atomic mass is 10.2. The van der Waals surface area contributed by atoms with Gasteiger partial charge in [0, 0.05) is 17.9 Å². The van der Waals surface area contributed by atoms with Gasteiger partial charge in [0.2, 0.25) is 5.95 Å². The lowest BCUT2D eigenvalue weighted by Crippen LogP contribution is -2.03.